The molecule has 1 atom stereocenters. The lowest BCUT2D eigenvalue weighted by molar-refractivity contribution is -0.127. The van der Waals surface area contributed by atoms with E-state index < -0.39 is 5.54 Å². The van der Waals surface area contributed by atoms with Crippen molar-refractivity contribution >= 4 is 17.5 Å². The number of phenols is 2. The van der Waals surface area contributed by atoms with E-state index in [0.29, 0.717) is 37.4 Å². The number of phenolic OH excluding ortho intramolecular Hbond substituents is 2. The van der Waals surface area contributed by atoms with Gasteiger partial charge in [0.25, 0.3) is 0 Å². The Kier molecular flexibility index (Phi) is 11.9. The number of aryl methyl sites for hydroxylation is 1. The number of ether oxygens (including phenoxy) is 1. The van der Waals surface area contributed by atoms with Gasteiger partial charge in [-0.3, -0.25) is 14.6 Å². The highest BCUT2D eigenvalue weighted by molar-refractivity contribution is 5.99. The molecule has 2 aromatic carbocycles. The molecule has 1 aliphatic carbocycles. The summed E-state index contributed by atoms with van der Waals surface area (Å²) in [7, 11) is 1.64. The maximum absolute atomic E-state index is 12.9. The topological polar surface area (TPSA) is 150 Å². The van der Waals surface area contributed by atoms with Gasteiger partial charge in [-0.15, -0.1) is 0 Å². The molecular formula is C34H47N5O5. The van der Waals surface area contributed by atoms with Crippen molar-refractivity contribution in [3.8, 4) is 17.2 Å². The van der Waals surface area contributed by atoms with Crippen LogP contribution >= 0.6 is 0 Å². The predicted octanol–water partition coefficient (Wildman–Crippen LogP) is 4.29. The summed E-state index contributed by atoms with van der Waals surface area (Å²) >= 11 is 0. The zero-order valence-corrected chi connectivity index (χ0v) is 25.8. The normalized spacial score (nSPS) is 16.5. The van der Waals surface area contributed by atoms with E-state index >= 15 is 0 Å². The summed E-state index contributed by atoms with van der Waals surface area (Å²) in [5.74, 6) is 0.936. The van der Waals surface area contributed by atoms with Crippen LogP contribution in [0.15, 0.2) is 59.9 Å². The smallest absolute Gasteiger partial charge is 0.188 e. The average Bonchev–Trinajstić information content (AvgIpc) is 3.72. The van der Waals surface area contributed by atoms with Crippen molar-refractivity contribution in [2.45, 2.75) is 88.7 Å². The molecule has 44 heavy (non-hydrogen) atoms. The van der Waals surface area contributed by atoms with Crippen LogP contribution in [0.5, 0.6) is 17.2 Å². The number of nitrogens with one attached hydrogen (secondary N) is 2. The van der Waals surface area contributed by atoms with Crippen molar-refractivity contribution in [2.24, 2.45) is 10.7 Å². The van der Waals surface area contributed by atoms with E-state index in [1.807, 2.05) is 30.6 Å². The lowest BCUT2D eigenvalue weighted by Crippen LogP contribution is -2.54. The molecule has 238 valence electrons. The Bertz CT molecular complexity index is 1310. The monoisotopic (exact) mass is 605 g/mol. The average molecular weight is 606 g/mol. The van der Waals surface area contributed by atoms with E-state index in [2.05, 4.69) is 20.5 Å². The molecule has 10 heteroatoms. The Morgan fingerprint density at radius 3 is 2.50 bits per heavy atom. The van der Waals surface area contributed by atoms with Crippen LogP contribution in [0.4, 0.5) is 0 Å². The Labute approximate surface area is 260 Å². The molecule has 0 amide bonds. The molecule has 1 aliphatic heterocycles. The molecule has 0 saturated heterocycles. The van der Waals surface area contributed by atoms with Gasteiger partial charge in [0, 0.05) is 44.4 Å². The number of hydrogen-bond acceptors (Lipinski definition) is 8. The first-order valence-corrected chi connectivity index (χ1v) is 15.7. The number of carbonyl (C=O) groups is 2. The van der Waals surface area contributed by atoms with Gasteiger partial charge in [0.2, 0.25) is 0 Å². The highest BCUT2D eigenvalue weighted by Crippen LogP contribution is 2.32. The van der Waals surface area contributed by atoms with Crippen LogP contribution < -0.4 is 21.1 Å². The molecular weight excluding hydrogens is 558 g/mol. The van der Waals surface area contributed by atoms with Crippen molar-refractivity contribution in [3.05, 3.63) is 66.0 Å². The zero-order chi connectivity index (χ0) is 31.4. The number of aliphatic imine (C=N–C) groups is 1. The quantitative estimate of drug-likeness (QED) is 0.101. The summed E-state index contributed by atoms with van der Waals surface area (Å²) in [5.41, 5.74) is 7.63. The van der Waals surface area contributed by atoms with Gasteiger partial charge in [-0.1, -0.05) is 18.2 Å². The second kappa shape index (κ2) is 16.0. The Morgan fingerprint density at radius 1 is 1.07 bits per heavy atom. The summed E-state index contributed by atoms with van der Waals surface area (Å²) in [4.78, 5) is 31.9. The van der Waals surface area contributed by atoms with Gasteiger partial charge >= 0.3 is 0 Å². The number of benzene rings is 2. The highest BCUT2D eigenvalue weighted by atomic mass is 16.5. The molecule has 6 N–H and O–H groups in total. The van der Waals surface area contributed by atoms with E-state index in [0.717, 1.165) is 56.4 Å². The molecule has 1 unspecified atom stereocenters. The first-order valence-electron chi connectivity index (χ1n) is 15.7. The lowest BCUT2D eigenvalue weighted by Gasteiger charge is -2.37. The summed E-state index contributed by atoms with van der Waals surface area (Å²) in [6.07, 6.45) is 11.9. The van der Waals surface area contributed by atoms with E-state index in [9.17, 15) is 19.8 Å². The third kappa shape index (κ3) is 10.2. The molecule has 10 nitrogen and oxygen atoms in total. The molecule has 0 radical (unpaired) electrons. The fraction of sp³-hybridized carbons (Fsp3) is 0.500. The summed E-state index contributed by atoms with van der Waals surface area (Å²) in [6, 6.07) is 12.3. The first kappa shape index (κ1) is 32.7. The number of rotatable bonds is 17. The minimum Gasteiger partial charge on any atom is -0.508 e. The van der Waals surface area contributed by atoms with Crippen LogP contribution in [0, 0.1) is 0 Å². The number of carbonyl (C=O) groups excluding carboxylic acids is 2. The Balaban J connectivity index is 1.31. The van der Waals surface area contributed by atoms with Crippen molar-refractivity contribution in [1.82, 2.24) is 15.5 Å². The number of ketones is 2. The number of nitrogens with two attached hydrogens (primary N) is 1. The van der Waals surface area contributed by atoms with E-state index in [4.69, 9.17) is 10.5 Å². The van der Waals surface area contributed by atoms with Crippen LogP contribution in [0.1, 0.15) is 75.3 Å². The van der Waals surface area contributed by atoms with Crippen molar-refractivity contribution < 1.29 is 24.5 Å². The molecule has 0 bridgehead atoms. The maximum atomic E-state index is 12.9. The molecule has 0 spiro atoms. The van der Waals surface area contributed by atoms with Gasteiger partial charge < -0.3 is 36.2 Å². The summed E-state index contributed by atoms with van der Waals surface area (Å²) in [5, 5.41) is 26.6. The van der Waals surface area contributed by atoms with E-state index in [1.165, 1.54) is 0 Å². The van der Waals surface area contributed by atoms with Gasteiger partial charge in [0.05, 0.1) is 19.2 Å². The molecule has 0 aromatic heterocycles. The third-order valence-electron chi connectivity index (χ3n) is 8.51. The van der Waals surface area contributed by atoms with E-state index in [1.54, 1.807) is 31.3 Å². The fourth-order valence-corrected chi connectivity index (χ4v) is 5.99. The number of aromatic hydroxyl groups is 2. The van der Waals surface area contributed by atoms with Gasteiger partial charge in [-0.2, -0.15) is 0 Å². The summed E-state index contributed by atoms with van der Waals surface area (Å²) in [6.45, 7) is 1.49. The largest absolute Gasteiger partial charge is 0.508 e. The Hall–Kier alpha value is -4.21. The molecule has 1 heterocycles. The standard InChI is InChI=1S/C34H47N5O5/c1-36-33(35)38-34(17-19-39-20-18-37-24-39,23-26-9-12-27(40)13-10-26)16-4-5-28(41)22-29(42)14-8-25-11-15-31(43)32(21-25)44-30-6-2-3-7-30/h9-13,15,18,20-21,30,37,40,43H,2-8,14,16-17,19,22-24H2,1H3,(H3,35,36,38). The van der Waals surface area contributed by atoms with Gasteiger partial charge in [0.1, 0.15) is 17.3 Å². The molecule has 2 aliphatic rings. The number of hydrogen-bond donors (Lipinski definition) is 5. The van der Waals surface area contributed by atoms with Crippen molar-refractivity contribution in [2.75, 3.05) is 20.3 Å². The molecule has 1 fully saturated rings. The van der Waals surface area contributed by atoms with E-state index in [-0.39, 0.29) is 48.4 Å². The second-order valence-corrected chi connectivity index (χ2v) is 12.0. The molecule has 2 aromatic rings. The minimum absolute atomic E-state index is 0.0756. The Morgan fingerprint density at radius 2 is 1.80 bits per heavy atom. The number of Topliss-reactive ketones (excluding diaryl/α,β-unsaturated/α-hetero) is 2. The zero-order valence-electron chi connectivity index (χ0n) is 25.8. The third-order valence-corrected chi connectivity index (χ3v) is 8.51. The maximum Gasteiger partial charge on any atom is 0.188 e. The van der Waals surface area contributed by atoms with Crippen LogP contribution in [0.25, 0.3) is 0 Å². The van der Waals surface area contributed by atoms with Crippen LogP contribution in [0.2, 0.25) is 0 Å². The first-order chi connectivity index (χ1) is 21.2. The fourth-order valence-electron chi connectivity index (χ4n) is 5.99. The highest BCUT2D eigenvalue weighted by Gasteiger charge is 2.32. The van der Waals surface area contributed by atoms with Crippen LogP contribution in [-0.2, 0) is 22.4 Å². The minimum atomic E-state index is -0.488. The lowest BCUT2D eigenvalue weighted by atomic mass is 9.82. The SMILES string of the molecule is CN=C(N)NC(CCCC(=O)CC(=O)CCc1ccc(O)c(OC2CCCC2)c1)(CCN1C=CNC1)Cc1ccc(O)cc1. The van der Waals surface area contributed by atoms with Gasteiger partial charge in [-0.25, -0.2) is 0 Å². The molecule has 4 rings (SSSR count). The predicted molar refractivity (Wildman–Crippen MR) is 171 cm³/mol. The summed E-state index contributed by atoms with van der Waals surface area (Å²) < 4.78 is 5.98. The van der Waals surface area contributed by atoms with Crippen molar-refractivity contribution in [1.29, 1.82) is 0 Å². The number of nitrogens with zero attached hydrogens (tertiary/aromatic N) is 2. The number of guanidine groups is 1. The second-order valence-electron chi connectivity index (χ2n) is 12.0. The van der Waals surface area contributed by atoms with Gasteiger partial charge in [-0.05, 0) is 93.2 Å². The molecule has 1 saturated carbocycles. The van der Waals surface area contributed by atoms with Crippen LogP contribution in [0.3, 0.4) is 0 Å². The van der Waals surface area contributed by atoms with Gasteiger partial charge in [0.15, 0.2) is 17.5 Å². The van der Waals surface area contributed by atoms with Crippen molar-refractivity contribution in [3.63, 3.8) is 0 Å². The van der Waals surface area contributed by atoms with Crippen LogP contribution in [-0.4, -0.2) is 64.5 Å².